The Balaban J connectivity index is 2.09. The van der Waals surface area contributed by atoms with Crippen LogP contribution in [-0.4, -0.2) is 14.8 Å². The normalized spacial score (nSPS) is 10.8. The van der Waals surface area contributed by atoms with Crippen LogP contribution in [0, 0.1) is 18.6 Å². The summed E-state index contributed by atoms with van der Waals surface area (Å²) in [4.78, 5) is 3.78. The van der Waals surface area contributed by atoms with Crippen LogP contribution in [0.2, 0.25) is 0 Å². The Morgan fingerprint density at radius 1 is 1.10 bits per heavy atom. The molecule has 2 N–H and O–H groups in total. The Labute approximate surface area is 119 Å². The third kappa shape index (κ3) is 2.47. The first-order chi connectivity index (χ1) is 10.0. The number of nitrogens with two attached hydrogens (primary N) is 1. The van der Waals surface area contributed by atoms with E-state index in [1.807, 2.05) is 0 Å². The maximum atomic E-state index is 13.2. The van der Waals surface area contributed by atoms with E-state index < -0.39 is 5.82 Å². The lowest BCUT2D eigenvalue weighted by Crippen LogP contribution is -1.98. The van der Waals surface area contributed by atoms with Gasteiger partial charge < -0.3 is 5.73 Å². The number of aromatic nitrogens is 3. The van der Waals surface area contributed by atoms with Gasteiger partial charge in [0, 0.05) is 11.8 Å². The molecule has 0 saturated carbocycles. The van der Waals surface area contributed by atoms with Gasteiger partial charge in [-0.3, -0.25) is 4.98 Å². The lowest BCUT2D eigenvalue weighted by molar-refractivity contribution is 0.621. The van der Waals surface area contributed by atoms with Crippen molar-refractivity contribution < 1.29 is 8.78 Å². The van der Waals surface area contributed by atoms with Gasteiger partial charge in [-0.25, -0.2) is 13.5 Å². The van der Waals surface area contributed by atoms with E-state index in [2.05, 4.69) is 10.1 Å². The standard InChI is InChI=1S/C15H12F2N4/c1-9-4-11(16)2-3-14(9)21-8-13(18)15(20-21)10-5-12(17)7-19-6-10/h2-8H,18H2,1H3. The molecule has 0 atom stereocenters. The van der Waals surface area contributed by atoms with Crippen LogP contribution in [0.15, 0.2) is 42.9 Å². The summed E-state index contributed by atoms with van der Waals surface area (Å²) in [6, 6.07) is 5.69. The fourth-order valence-corrected chi connectivity index (χ4v) is 2.15. The van der Waals surface area contributed by atoms with Crippen molar-refractivity contribution in [2.45, 2.75) is 6.92 Å². The van der Waals surface area contributed by atoms with Gasteiger partial charge in [0.2, 0.25) is 0 Å². The minimum Gasteiger partial charge on any atom is -0.396 e. The second-order valence-corrected chi connectivity index (χ2v) is 4.70. The summed E-state index contributed by atoms with van der Waals surface area (Å²) in [5.41, 5.74) is 8.69. The predicted octanol–water partition coefficient (Wildman–Crippen LogP) is 3.10. The van der Waals surface area contributed by atoms with Gasteiger partial charge in [0.1, 0.15) is 17.3 Å². The summed E-state index contributed by atoms with van der Waals surface area (Å²) in [7, 11) is 0. The van der Waals surface area contributed by atoms with Crippen LogP contribution in [0.3, 0.4) is 0 Å². The number of nitrogen functional groups attached to an aromatic ring is 1. The van der Waals surface area contributed by atoms with E-state index in [0.717, 1.165) is 11.8 Å². The number of hydrogen-bond acceptors (Lipinski definition) is 3. The molecule has 4 nitrogen and oxygen atoms in total. The van der Waals surface area contributed by atoms with E-state index in [0.29, 0.717) is 22.6 Å². The van der Waals surface area contributed by atoms with Crippen LogP contribution in [0.25, 0.3) is 16.9 Å². The molecule has 0 aliphatic carbocycles. The molecule has 0 radical (unpaired) electrons. The van der Waals surface area contributed by atoms with Gasteiger partial charge in [-0.05, 0) is 36.8 Å². The number of hydrogen-bond donors (Lipinski definition) is 1. The van der Waals surface area contributed by atoms with Crippen molar-refractivity contribution in [3.63, 3.8) is 0 Å². The number of halogens is 2. The largest absolute Gasteiger partial charge is 0.396 e. The molecule has 0 aliphatic heterocycles. The summed E-state index contributed by atoms with van der Waals surface area (Å²) in [6.45, 7) is 1.78. The minimum atomic E-state index is -0.459. The summed E-state index contributed by atoms with van der Waals surface area (Å²) in [5, 5.41) is 4.34. The molecule has 0 spiro atoms. The van der Waals surface area contributed by atoms with Crippen LogP contribution >= 0.6 is 0 Å². The third-order valence-corrected chi connectivity index (χ3v) is 3.13. The van der Waals surface area contributed by atoms with E-state index in [-0.39, 0.29) is 5.82 Å². The Kier molecular flexibility index (Phi) is 3.13. The van der Waals surface area contributed by atoms with Crippen molar-refractivity contribution in [3.8, 4) is 16.9 Å². The number of rotatable bonds is 2. The van der Waals surface area contributed by atoms with Crippen molar-refractivity contribution in [2.24, 2.45) is 0 Å². The van der Waals surface area contributed by atoms with Crippen molar-refractivity contribution in [2.75, 3.05) is 5.73 Å². The van der Waals surface area contributed by atoms with Crippen molar-refractivity contribution in [3.05, 3.63) is 60.1 Å². The molecule has 0 unspecified atom stereocenters. The van der Waals surface area contributed by atoms with Crippen LogP contribution in [-0.2, 0) is 0 Å². The molecule has 0 amide bonds. The van der Waals surface area contributed by atoms with Crippen molar-refractivity contribution >= 4 is 5.69 Å². The fourth-order valence-electron chi connectivity index (χ4n) is 2.15. The van der Waals surface area contributed by atoms with Crippen LogP contribution < -0.4 is 5.73 Å². The molecule has 6 heteroatoms. The zero-order valence-electron chi connectivity index (χ0n) is 11.2. The summed E-state index contributed by atoms with van der Waals surface area (Å²) in [5.74, 6) is -0.773. The SMILES string of the molecule is Cc1cc(F)ccc1-n1cc(N)c(-c2cncc(F)c2)n1. The highest BCUT2D eigenvalue weighted by molar-refractivity contribution is 5.71. The van der Waals surface area contributed by atoms with Gasteiger partial charge in [-0.2, -0.15) is 5.10 Å². The molecule has 1 aromatic carbocycles. The molecule has 106 valence electrons. The Hall–Kier alpha value is -2.76. The van der Waals surface area contributed by atoms with E-state index in [4.69, 9.17) is 5.73 Å². The summed E-state index contributed by atoms with van der Waals surface area (Å²) >= 11 is 0. The Morgan fingerprint density at radius 2 is 1.90 bits per heavy atom. The van der Waals surface area contributed by atoms with E-state index in [9.17, 15) is 8.78 Å². The molecular weight excluding hydrogens is 274 g/mol. The highest BCUT2D eigenvalue weighted by Crippen LogP contribution is 2.26. The van der Waals surface area contributed by atoms with E-state index in [1.54, 1.807) is 23.9 Å². The second-order valence-electron chi connectivity index (χ2n) is 4.70. The second kappa shape index (κ2) is 4.97. The topological polar surface area (TPSA) is 56.7 Å². The first-order valence-corrected chi connectivity index (χ1v) is 6.27. The Morgan fingerprint density at radius 3 is 2.62 bits per heavy atom. The first-order valence-electron chi connectivity index (χ1n) is 6.27. The van der Waals surface area contributed by atoms with Gasteiger partial charge in [0.05, 0.1) is 23.8 Å². The fraction of sp³-hybridized carbons (Fsp3) is 0.0667. The maximum absolute atomic E-state index is 13.2. The quantitative estimate of drug-likeness (QED) is 0.787. The minimum absolute atomic E-state index is 0.314. The summed E-state index contributed by atoms with van der Waals surface area (Å²) < 4.78 is 27.9. The van der Waals surface area contributed by atoms with Crippen molar-refractivity contribution in [1.82, 2.24) is 14.8 Å². The van der Waals surface area contributed by atoms with Gasteiger partial charge in [0.25, 0.3) is 0 Å². The zero-order valence-corrected chi connectivity index (χ0v) is 11.2. The molecule has 21 heavy (non-hydrogen) atoms. The molecule has 0 aliphatic rings. The third-order valence-electron chi connectivity index (χ3n) is 3.13. The molecule has 2 aromatic heterocycles. The lowest BCUT2D eigenvalue weighted by atomic mass is 10.2. The highest BCUT2D eigenvalue weighted by Gasteiger charge is 2.12. The number of anilines is 1. The number of nitrogens with zero attached hydrogens (tertiary/aromatic N) is 3. The van der Waals surface area contributed by atoms with E-state index in [1.165, 1.54) is 24.4 Å². The molecule has 2 heterocycles. The van der Waals surface area contributed by atoms with Gasteiger partial charge in [-0.15, -0.1) is 0 Å². The number of pyridine rings is 1. The molecular formula is C15H12F2N4. The van der Waals surface area contributed by atoms with Crippen molar-refractivity contribution in [1.29, 1.82) is 0 Å². The zero-order chi connectivity index (χ0) is 15.0. The summed E-state index contributed by atoms with van der Waals surface area (Å²) in [6.07, 6.45) is 4.21. The molecule has 3 rings (SSSR count). The predicted molar refractivity (Wildman–Crippen MR) is 75.9 cm³/mol. The van der Waals surface area contributed by atoms with Gasteiger partial charge >= 0.3 is 0 Å². The maximum Gasteiger partial charge on any atom is 0.142 e. The van der Waals surface area contributed by atoms with Crippen LogP contribution in [0.5, 0.6) is 0 Å². The van der Waals surface area contributed by atoms with Crippen LogP contribution in [0.1, 0.15) is 5.56 Å². The van der Waals surface area contributed by atoms with E-state index >= 15 is 0 Å². The highest BCUT2D eigenvalue weighted by atomic mass is 19.1. The average Bonchev–Trinajstić information content (AvgIpc) is 2.80. The average molecular weight is 286 g/mol. The first kappa shape index (κ1) is 13.2. The molecule has 0 saturated heterocycles. The van der Waals surface area contributed by atoms with Crippen LogP contribution in [0.4, 0.5) is 14.5 Å². The Bertz CT molecular complexity index is 811. The number of aryl methyl sites for hydroxylation is 1. The lowest BCUT2D eigenvalue weighted by Gasteiger charge is -2.05. The smallest absolute Gasteiger partial charge is 0.142 e. The van der Waals surface area contributed by atoms with Gasteiger partial charge in [0.15, 0.2) is 0 Å². The van der Waals surface area contributed by atoms with Gasteiger partial charge in [-0.1, -0.05) is 0 Å². The molecule has 0 fully saturated rings. The molecule has 0 bridgehead atoms. The monoisotopic (exact) mass is 286 g/mol. The number of benzene rings is 1. The molecule has 3 aromatic rings.